The molecule has 0 fully saturated rings. The Morgan fingerprint density at radius 1 is 1.67 bits per heavy atom. The average molecular weight is 85.0 g/mol. The van der Waals surface area contributed by atoms with E-state index in [2.05, 4.69) is 4.89 Å². The van der Waals surface area contributed by atoms with Crippen molar-refractivity contribution in [2.75, 3.05) is 0 Å². The molecule has 0 aliphatic heterocycles. The topological polar surface area (TPSA) is 72.4 Å². The van der Waals surface area contributed by atoms with Crippen LogP contribution in [0.3, 0.4) is 0 Å². The zero-order valence-electron chi connectivity index (χ0n) is 2.84. The molecule has 0 unspecified atom stereocenters. The molecule has 0 aliphatic carbocycles. The van der Waals surface area contributed by atoms with Crippen LogP contribution < -0.4 is 10.4 Å². The van der Waals surface area contributed by atoms with Crippen LogP contribution in [0.4, 0.5) is 4.79 Å². The molecule has 0 aromatic heterocycles. The third kappa shape index (κ3) is 10.00. The maximum Gasteiger partial charge on any atom is 2.00 e. The van der Waals surface area contributed by atoms with E-state index in [1.165, 1.54) is 0 Å². The minimum Gasteiger partial charge on any atom is -0.755 e. The van der Waals surface area contributed by atoms with Crippen LogP contribution in [0, 0.1) is 0 Å². The van der Waals surface area contributed by atoms with Gasteiger partial charge in [0.2, 0.25) is 6.16 Å². The third-order valence-corrected chi connectivity index (χ3v) is 0.0680. The molecule has 0 bridgehead atoms. The molecule has 6 heavy (non-hydrogen) atoms. The molecule has 0 aromatic rings. The van der Waals surface area contributed by atoms with Gasteiger partial charge in [-0.3, -0.25) is 0 Å². The van der Waals surface area contributed by atoms with Gasteiger partial charge in [-0.1, -0.05) is 0 Å². The number of carbonyl (C=O) groups excluding carboxylic acids is 1. The number of carboxylic acid groups (broad SMARTS) is 1. The Morgan fingerprint density at radius 2 is 1.83 bits per heavy atom. The van der Waals surface area contributed by atoms with Crippen LogP contribution >= 0.6 is 0 Å². The Kier molecular flexibility index (Phi) is 6.63. The molecule has 0 radical (unpaired) electrons. The molecule has 0 saturated carbocycles. The van der Waals surface area contributed by atoms with Gasteiger partial charge in [0.1, 0.15) is 0 Å². The Labute approximate surface area is 37.5 Å². The molecule has 5 heteroatoms. The van der Waals surface area contributed by atoms with Gasteiger partial charge in [-0.05, 0) is 0 Å². The van der Waals surface area contributed by atoms with Gasteiger partial charge >= 0.3 is 10.1 Å². The standard InChI is InChI=1S/CH2O4.Be/c2-1(3)5-4;/h4H,(H,2,3);/q;+2/p-2. The molecule has 0 atom stereocenters. The van der Waals surface area contributed by atoms with Gasteiger partial charge in [0, 0.05) is 0 Å². The molecule has 0 amide bonds. The van der Waals surface area contributed by atoms with E-state index in [0.29, 0.717) is 0 Å². The molecular formula is CBeO4. The van der Waals surface area contributed by atoms with Crippen molar-refractivity contribution in [2.45, 2.75) is 0 Å². The Balaban J connectivity index is 0. The van der Waals surface area contributed by atoms with Crippen molar-refractivity contribution in [2.24, 2.45) is 0 Å². The summed E-state index contributed by atoms with van der Waals surface area (Å²) >= 11 is 0. The van der Waals surface area contributed by atoms with E-state index < -0.39 is 6.16 Å². The molecule has 0 N–H and O–H groups in total. The second-order valence-electron chi connectivity index (χ2n) is 0.333. The molecule has 30 valence electrons. The van der Waals surface area contributed by atoms with E-state index in [9.17, 15) is 0 Å². The smallest absolute Gasteiger partial charge is 0.755 e. The SMILES string of the molecule is O=C([O-])O[O-].[Be+2]. The van der Waals surface area contributed by atoms with Gasteiger partial charge in [-0.15, -0.1) is 0 Å². The first-order valence-corrected chi connectivity index (χ1v) is 0.779. The fourth-order valence-corrected chi connectivity index (χ4v) is 0. The second-order valence-corrected chi connectivity index (χ2v) is 0.333. The van der Waals surface area contributed by atoms with E-state index in [1.807, 2.05) is 0 Å². The quantitative estimate of drug-likeness (QED) is 0.181. The first-order chi connectivity index (χ1) is 2.27. The van der Waals surface area contributed by atoms with Crippen molar-refractivity contribution in [3.63, 3.8) is 0 Å². The monoisotopic (exact) mass is 85.0 g/mol. The maximum atomic E-state index is 8.72. The van der Waals surface area contributed by atoms with E-state index in [4.69, 9.17) is 15.2 Å². The summed E-state index contributed by atoms with van der Waals surface area (Å²) in [7, 11) is 0. The molecule has 0 saturated heterocycles. The van der Waals surface area contributed by atoms with E-state index >= 15 is 0 Å². The predicted octanol–water partition coefficient (Wildman–Crippen LogP) is -2.76. The molecule has 0 spiro atoms. The summed E-state index contributed by atoms with van der Waals surface area (Å²) in [5, 5.41) is 17.2. The summed E-state index contributed by atoms with van der Waals surface area (Å²) in [5.74, 6) is 0. The zero-order valence-corrected chi connectivity index (χ0v) is 2.84. The molecular weight excluding hydrogens is 85.0 g/mol. The number of hydrogen-bond acceptors (Lipinski definition) is 4. The Bertz CT molecular complexity index is 42.8. The van der Waals surface area contributed by atoms with Crippen molar-refractivity contribution in [1.29, 1.82) is 0 Å². The normalized spacial score (nSPS) is 5.50. The van der Waals surface area contributed by atoms with Crippen molar-refractivity contribution in [1.82, 2.24) is 0 Å². The Hall–Kier alpha value is -0.601. The van der Waals surface area contributed by atoms with Crippen LogP contribution in [0.1, 0.15) is 0 Å². The summed E-state index contributed by atoms with van der Waals surface area (Å²) in [4.78, 5) is 11.0. The van der Waals surface area contributed by atoms with E-state index in [0.717, 1.165) is 0 Å². The molecule has 4 nitrogen and oxygen atoms in total. The van der Waals surface area contributed by atoms with Crippen LogP contribution in [0.15, 0.2) is 0 Å². The molecule has 0 aliphatic rings. The van der Waals surface area contributed by atoms with Crippen molar-refractivity contribution in [3.8, 4) is 0 Å². The van der Waals surface area contributed by atoms with Crippen LogP contribution in [0.25, 0.3) is 0 Å². The van der Waals surface area contributed by atoms with Gasteiger partial charge in [-0.25, -0.2) is 0 Å². The number of rotatable bonds is 0. The van der Waals surface area contributed by atoms with Crippen LogP contribution in [-0.4, -0.2) is 16.3 Å². The molecule has 0 aromatic carbocycles. The summed E-state index contributed by atoms with van der Waals surface area (Å²) in [6, 6.07) is 0. The largest absolute Gasteiger partial charge is 2.00 e. The van der Waals surface area contributed by atoms with Crippen LogP contribution in [0.2, 0.25) is 0 Å². The first kappa shape index (κ1) is 9.04. The first-order valence-electron chi connectivity index (χ1n) is 0.779. The summed E-state index contributed by atoms with van der Waals surface area (Å²) in [6.07, 6.45) is -2.05. The van der Waals surface area contributed by atoms with Crippen molar-refractivity contribution >= 4 is 16.3 Å². The molecule has 0 heterocycles. The van der Waals surface area contributed by atoms with Gasteiger partial charge in [0.15, 0.2) is 0 Å². The fourth-order valence-electron chi connectivity index (χ4n) is 0. The van der Waals surface area contributed by atoms with Crippen LogP contribution in [0.5, 0.6) is 0 Å². The van der Waals surface area contributed by atoms with Gasteiger partial charge in [-0.2, -0.15) is 0 Å². The van der Waals surface area contributed by atoms with Crippen molar-refractivity contribution < 1.29 is 20.0 Å². The minimum atomic E-state index is -2.05. The average Bonchev–Trinajstić information content (AvgIpc) is 1.38. The number of hydrogen-bond donors (Lipinski definition) is 0. The predicted molar refractivity (Wildman–Crippen MR) is 12.2 cm³/mol. The third-order valence-electron chi connectivity index (χ3n) is 0.0680. The number of carbonyl (C=O) groups is 1. The fraction of sp³-hybridized carbons (Fsp3) is 0. The van der Waals surface area contributed by atoms with Gasteiger partial charge < -0.3 is 20.0 Å². The molecule has 0 rings (SSSR count). The Morgan fingerprint density at radius 3 is 1.83 bits per heavy atom. The summed E-state index contributed by atoms with van der Waals surface area (Å²) in [6.45, 7) is 0. The second kappa shape index (κ2) is 4.40. The summed E-state index contributed by atoms with van der Waals surface area (Å²) in [5.41, 5.74) is 0. The maximum absolute atomic E-state index is 8.72. The van der Waals surface area contributed by atoms with Gasteiger partial charge in [0.25, 0.3) is 0 Å². The zero-order chi connectivity index (χ0) is 4.28. The van der Waals surface area contributed by atoms with Gasteiger partial charge in [0.05, 0.1) is 0 Å². The van der Waals surface area contributed by atoms with E-state index in [1.54, 1.807) is 0 Å². The van der Waals surface area contributed by atoms with E-state index in [-0.39, 0.29) is 10.1 Å². The summed E-state index contributed by atoms with van der Waals surface area (Å²) < 4.78 is 0. The van der Waals surface area contributed by atoms with Crippen LogP contribution in [-0.2, 0) is 4.89 Å². The van der Waals surface area contributed by atoms with Crippen molar-refractivity contribution in [3.05, 3.63) is 0 Å². The minimum absolute atomic E-state index is 0.